The van der Waals surface area contributed by atoms with E-state index < -0.39 is 0 Å². The Labute approximate surface area is 140 Å². The number of rotatable bonds is 3. The lowest BCUT2D eigenvalue weighted by Crippen LogP contribution is -2.40. The summed E-state index contributed by atoms with van der Waals surface area (Å²) < 4.78 is 11.1. The quantitative estimate of drug-likeness (QED) is 0.900. The van der Waals surface area contributed by atoms with Crippen molar-refractivity contribution in [2.45, 2.75) is 26.3 Å². The molecule has 0 saturated carbocycles. The van der Waals surface area contributed by atoms with Crippen molar-refractivity contribution in [2.75, 3.05) is 18.5 Å². The standard InChI is InChI=1S/C17H20N4O3/c1-17(2,3)21-16(22)12-9-15(19-10-18-12)20-11-4-5-13-14(8-11)24-7-6-23-13/h4-5,8-10H,6-7H2,1-3H3,(H,21,22)(H,18,19,20). The molecule has 2 aromatic rings. The molecule has 1 amide bonds. The molecule has 2 N–H and O–H groups in total. The van der Waals surface area contributed by atoms with E-state index in [1.165, 1.54) is 6.33 Å². The van der Waals surface area contributed by atoms with Crippen molar-refractivity contribution < 1.29 is 14.3 Å². The van der Waals surface area contributed by atoms with E-state index in [9.17, 15) is 4.79 Å². The predicted molar refractivity (Wildman–Crippen MR) is 90.0 cm³/mol. The van der Waals surface area contributed by atoms with E-state index in [1.54, 1.807) is 6.07 Å². The van der Waals surface area contributed by atoms with Gasteiger partial charge in [0.05, 0.1) is 0 Å². The Hall–Kier alpha value is -2.83. The summed E-state index contributed by atoms with van der Waals surface area (Å²) in [5.41, 5.74) is 0.769. The van der Waals surface area contributed by atoms with E-state index >= 15 is 0 Å². The van der Waals surface area contributed by atoms with Crippen LogP contribution in [0.5, 0.6) is 11.5 Å². The molecule has 0 fully saturated rings. The maximum Gasteiger partial charge on any atom is 0.270 e. The summed E-state index contributed by atoms with van der Waals surface area (Å²) in [5.74, 6) is 1.70. The van der Waals surface area contributed by atoms with Crippen LogP contribution in [0.1, 0.15) is 31.3 Å². The summed E-state index contributed by atoms with van der Waals surface area (Å²) in [5, 5.41) is 6.02. The van der Waals surface area contributed by atoms with Gasteiger partial charge in [-0.15, -0.1) is 0 Å². The zero-order valence-corrected chi connectivity index (χ0v) is 13.9. The molecule has 1 aromatic heterocycles. The van der Waals surface area contributed by atoms with Gasteiger partial charge in [-0.2, -0.15) is 0 Å². The summed E-state index contributed by atoms with van der Waals surface area (Å²) in [4.78, 5) is 20.4. The second-order valence-corrected chi connectivity index (χ2v) is 6.48. The third-order valence-electron chi connectivity index (χ3n) is 3.20. The van der Waals surface area contributed by atoms with Gasteiger partial charge in [0.25, 0.3) is 5.91 Å². The van der Waals surface area contributed by atoms with Crippen molar-refractivity contribution >= 4 is 17.4 Å². The molecule has 1 aliphatic rings. The summed E-state index contributed by atoms with van der Waals surface area (Å²) in [7, 11) is 0. The zero-order chi connectivity index (χ0) is 17.2. The lowest BCUT2D eigenvalue weighted by Gasteiger charge is -2.20. The van der Waals surface area contributed by atoms with Gasteiger partial charge in [0.15, 0.2) is 11.5 Å². The molecule has 0 saturated heterocycles. The Morgan fingerprint density at radius 3 is 2.58 bits per heavy atom. The van der Waals surface area contributed by atoms with Gasteiger partial charge in [-0.25, -0.2) is 9.97 Å². The first kappa shape index (κ1) is 16.0. The van der Waals surface area contributed by atoms with Crippen LogP contribution in [0.4, 0.5) is 11.5 Å². The van der Waals surface area contributed by atoms with Crippen molar-refractivity contribution in [2.24, 2.45) is 0 Å². The summed E-state index contributed by atoms with van der Waals surface area (Å²) >= 11 is 0. The van der Waals surface area contributed by atoms with E-state index in [0.717, 1.165) is 11.4 Å². The third kappa shape index (κ3) is 3.92. The number of nitrogens with zero attached hydrogens (tertiary/aromatic N) is 2. The van der Waals surface area contributed by atoms with Crippen molar-refractivity contribution in [1.29, 1.82) is 0 Å². The average molecular weight is 328 g/mol. The first-order valence-corrected chi connectivity index (χ1v) is 7.72. The van der Waals surface area contributed by atoms with Gasteiger partial charge in [0, 0.05) is 23.4 Å². The SMILES string of the molecule is CC(C)(C)NC(=O)c1cc(Nc2ccc3c(c2)OCCO3)ncn1. The number of benzene rings is 1. The van der Waals surface area contributed by atoms with Crippen LogP contribution in [0.15, 0.2) is 30.6 Å². The normalized spacial score (nSPS) is 13.3. The van der Waals surface area contributed by atoms with E-state index in [2.05, 4.69) is 20.6 Å². The number of carbonyl (C=O) groups excluding carboxylic acids is 1. The fourth-order valence-corrected chi connectivity index (χ4v) is 2.22. The van der Waals surface area contributed by atoms with Crippen molar-refractivity contribution in [1.82, 2.24) is 15.3 Å². The molecule has 0 unspecified atom stereocenters. The molecule has 1 aromatic carbocycles. The van der Waals surface area contributed by atoms with Crippen molar-refractivity contribution in [3.05, 3.63) is 36.3 Å². The molecule has 0 bridgehead atoms. The molecular formula is C17H20N4O3. The third-order valence-corrected chi connectivity index (χ3v) is 3.20. The van der Waals surface area contributed by atoms with E-state index in [-0.39, 0.29) is 11.4 Å². The van der Waals surface area contributed by atoms with E-state index in [1.807, 2.05) is 39.0 Å². The number of amides is 1. The first-order chi connectivity index (χ1) is 11.4. The molecule has 24 heavy (non-hydrogen) atoms. The molecule has 1 aliphatic heterocycles. The molecule has 0 atom stereocenters. The predicted octanol–water partition coefficient (Wildman–Crippen LogP) is 2.52. The number of carbonyl (C=O) groups is 1. The minimum absolute atomic E-state index is 0.241. The zero-order valence-electron chi connectivity index (χ0n) is 13.9. The number of ether oxygens (including phenoxy) is 2. The van der Waals surface area contributed by atoms with Crippen LogP contribution >= 0.6 is 0 Å². The van der Waals surface area contributed by atoms with Crippen LogP contribution in [0.25, 0.3) is 0 Å². The molecule has 0 radical (unpaired) electrons. The van der Waals surface area contributed by atoms with Crippen LogP contribution in [0.2, 0.25) is 0 Å². The van der Waals surface area contributed by atoms with Crippen LogP contribution in [0.3, 0.4) is 0 Å². The minimum Gasteiger partial charge on any atom is -0.486 e. The molecule has 7 nitrogen and oxygen atoms in total. The molecular weight excluding hydrogens is 308 g/mol. The molecule has 126 valence electrons. The number of hydrogen-bond acceptors (Lipinski definition) is 6. The van der Waals surface area contributed by atoms with Crippen LogP contribution < -0.4 is 20.1 Å². The highest BCUT2D eigenvalue weighted by molar-refractivity contribution is 5.93. The Bertz CT molecular complexity index is 756. The van der Waals surface area contributed by atoms with Gasteiger partial charge in [0.2, 0.25) is 0 Å². The topological polar surface area (TPSA) is 85.4 Å². The number of hydrogen-bond donors (Lipinski definition) is 2. The highest BCUT2D eigenvalue weighted by Crippen LogP contribution is 2.33. The average Bonchev–Trinajstić information content (AvgIpc) is 2.53. The molecule has 2 heterocycles. The van der Waals surface area contributed by atoms with Gasteiger partial charge in [-0.05, 0) is 32.9 Å². The number of aromatic nitrogens is 2. The molecule has 7 heteroatoms. The number of anilines is 2. The smallest absolute Gasteiger partial charge is 0.270 e. The highest BCUT2D eigenvalue weighted by atomic mass is 16.6. The lowest BCUT2D eigenvalue weighted by atomic mass is 10.1. The maximum atomic E-state index is 12.2. The van der Waals surface area contributed by atoms with Crippen LogP contribution in [-0.4, -0.2) is 34.6 Å². The van der Waals surface area contributed by atoms with Crippen molar-refractivity contribution in [3.63, 3.8) is 0 Å². The molecule has 3 rings (SSSR count). The summed E-state index contributed by atoms with van der Waals surface area (Å²) in [6.45, 7) is 6.83. The van der Waals surface area contributed by atoms with Gasteiger partial charge in [-0.1, -0.05) is 0 Å². The second kappa shape index (κ2) is 6.35. The van der Waals surface area contributed by atoms with Gasteiger partial charge < -0.3 is 20.1 Å². The molecule has 0 aliphatic carbocycles. The van der Waals surface area contributed by atoms with Crippen LogP contribution in [0, 0.1) is 0 Å². The first-order valence-electron chi connectivity index (χ1n) is 7.72. The number of nitrogens with one attached hydrogen (secondary N) is 2. The second-order valence-electron chi connectivity index (χ2n) is 6.48. The summed E-state index contributed by atoms with van der Waals surface area (Å²) in [6.07, 6.45) is 1.36. The van der Waals surface area contributed by atoms with Crippen LogP contribution in [-0.2, 0) is 0 Å². The van der Waals surface area contributed by atoms with Gasteiger partial charge >= 0.3 is 0 Å². The maximum absolute atomic E-state index is 12.2. The molecule has 0 spiro atoms. The Morgan fingerprint density at radius 1 is 1.08 bits per heavy atom. The minimum atomic E-state index is -0.328. The van der Waals surface area contributed by atoms with Gasteiger partial charge in [-0.3, -0.25) is 4.79 Å². The Balaban J connectivity index is 1.76. The summed E-state index contributed by atoms with van der Waals surface area (Å²) in [6, 6.07) is 7.15. The Kier molecular flexibility index (Phi) is 4.24. The monoisotopic (exact) mass is 328 g/mol. The Morgan fingerprint density at radius 2 is 1.83 bits per heavy atom. The van der Waals surface area contributed by atoms with Gasteiger partial charge in [0.1, 0.15) is 31.1 Å². The van der Waals surface area contributed by atoms with E-state index in [0.29, 0.717) is 30.5 Å². The number of fused-ring (bicyclic) bond motifs is 1. The fraction of sp³-hybridized carbons (Fsp3) is 0.353. The lowest BCUT2D eigenvalue weighted by molar-refractivity contribution is 0.0914. The largest absolute Gasteiger partial charge is 0.486 e. The fourth-order valence-electron chi connectivity index (χ4n) is 2.22. The van der Waals surface area contributed by atoms with E-state index in [4.69, 9.17) is 9.47 Å². The van der Waals surface area contributed by atoms with Crippen molar-refractivity contribution in [3.8, 4) is 11.5 Å². The highest BCUT2D eigenvalue weighted by Gasteiger charge is 2.17.